The molecule has 2 heteroatoms. The van der Waals surface area contributed by atoms with E-state index in [0.29, 0.717) is 6.04 Å². The molecule has 0 aliphatic rings. The molecule has 0 fully saturated rings. The molecule has 0 aliphatic heterocycles. The number of rotatable bonds is 6. The molecule has 0 saturated carbocycles. The van der Waals surface area contributed by atoms with Crippen molar-refractivity contribution >= 4 is 0 Å². The summed E-state index contributed by atoms with van der Waals surface area (Å²) in [6, 6.07) is 9.34. The summed E-state index contributed by atoms with van der Waals surface area (Å²) in [4.78, 5) is 2.19. The van der Waals surface area contributed by atoms with Crippen LogP contribution in [-0.4, -0.2) is 32.1 Å². The Morgan fingerprint density at radius 3 is 2.31 bits per heavy atom. The largest absolute Gasteiger partial charge is 0.309 e. The normalized spacial score (nSPS) is 13.1. The number of hydrogen-bond donors (Lipinski definition) is 1. The minimum Gasteiger partial charge on any atom is -0.309 e. The maximum absolute atomic E-state index is 3.53. The first-order valence-electron chi connectivity index (χ1n) is 6.10. The van der Waals surface area contributed by atoms with E-state index in [9.17, 15) is 0 Å². The zero-order chi connectivity index (χ0) is 12.0. The van der Waals surface area contributed by atoms with E-state index >= 15 is 0 Å². The number of benzene rings is 1. The monoisotopic (exact) mass is 220 g/mol. The molecule has 1 rings (SSSR count). The molecule has 2 nitrogen and oxygen atoms in total. The molecule has 1 aromatic rings. The van der Waals surface area contributed by atoms with Crippen molar-refractivity contribution in [3.63, 3.8) is 0 Å². The van der Waals surface area contributed by atoms with Gasteiger partial charge in [-0.15, -0.1) is 0 Å². The Kier molecular flexibility index (Phi) is 5.50. The van der Waals surface area contributed by atoms with Crippen molar-refractivity contribution in [3.05, 3.63) is 35.4 Å². The van der Waals surface area contributed by atoms with E-state index in [1.807, 2.05) is 0 Å². The Labute approximate surface area is 99.7 Å². The molecule has 0 radical (unpaired) electrons. The lowest BCUT2D eigenvalue weighted by Crippen LogP contribution is -2.28. The highest BCUT2D eigenvalue weighted by molar-refractivity contribution is 5.24. The molecule has 1 atom stereocenters. The standard InChI is InChI=1S/C14H24N2/c1-5-13-6-8-14(9-7-13)12(2)15-10-11-16(3)4/h6-9,12,15H,5,10-11H2,1-4H3. The van der Waals surface area contributed by atoms with Gasteiger partial charge in [-0.1, -0.05) is 31.2 Å². The molecule has 0 saturated heterocycles. The van der Waals surface area contributed by atoms with Crippen LogP contribution >= 0.6 is 0 Å². The molecule has 0 aliphatic carbocycles. The first kappa shape index (κ1) is 13.2. The van der Waals surface area contributed by atoms with Gasteiger partial charge in [-0.25, -0.2) is 0 Å². The maximum atomic E-state index is 3.53. The van der Waals surface area contributed by atoms with Gasteiger partial charge in [0.05, 0.1) is 0 Å². The predicted octanol–water partition coefficient (Wildman–Crippen LogP) is 2.46. The van der Waals surface area contributed by atoms with E-state index in [-0.39, 0.29) is 0 Å². The lowest BCUT2D eigenvalue weighted by atomic mass is 10.1. The van der Waals surface area contributed by atoms with Crippen LogP contribution in [0.5, 0.6) is 0 Å². The molecule has 1 unspecified atom stereocenters. The highest BCUT2D eigenvalue weighted by Crippen LogP contribution is 2.13. The Morgan fingerprint density at radius 2 is 1.81 bits per heavy atom. The average molecular weight is 220 g/mol. The minimum absolute atomic E-state index is 0.436. The molecule has 0 heterocycles. The summed E-state index contributed by atoms with van der Waals surface area (Å²) in [7, 11) is 4.20. The Morgan fingerprint density at radius 1 is 1.19 bits per heavy atom. The molecular formula is C14H24N2. The molecule has 1 aromatic carbocycles. The van der Waals surface area contributed by atoms with Crippen molar-refractivity contribution in [1.82, 2.24) is 10.2 Å². The van der Waals surface area contributed by atoms with Crippen molar-refractivity contribution in [1.29, 1.82) is 0 Å². The lowest BCUT2D eigenvalue weighted by Gasteiger charge is -2.16. The fraction of sp³-hybridized carbons (Fsp3) is 0.571. The van der Waals surface area contributed by atoms with Crippen LogP contribution in [-0.2, 0) is 6.42 Å². The zero-order valence-corrected chi connectivity index (χ0v) is 11.0. The number of nitrogens with one attached hydrogen (secondary N) is 1. The van der Waals surface area contributed by atoms with E-state index in [1.54, 1.807) is 0 Å². The van der Waals surface area contributed by atoms with Gasteiger partial charge in [0.15, 0.2) is 0 Å². The van der Waals surface area contributed by atoms with Crippen molar-refractivity contribution in [2.45, 2.75) is 26.3 Å². The van der Waals surface area contributed by atoms with Gasteiger partial charge in [-0.3, -0.25) is 0 Å². The van der Waals surface area contributed by atoms with Gasteiger partial charge in [-0.05, 0) is 38.6 Å². The molecule has 0 bridgehead atoms. The third-order valence-electron chi connectivity index (χ3n) is 2.90. The summed E-state index contributed by atoms with van der Waals surface area (Å²) < 4.78 is 0. The average Bonchev–Trinajstić information content (AvgIpc) is 2.28. The topological polar surface area (TPSA) is 15.3 Å². The molecule has 1 N–H and O–H groups in total. The number of aryl methyl sites for hydroxylation is 1. The van der Waals surface area contributed by atoms with E-state index in [1.165, 1.54) is 11.1 Å². The minimum atomic E-state index is 0.436. The molecule has 90 valence electrons. The molecule has 16 heavy (non-hydrogen) atoms. The second kappa shape index (κ2) is 6.66. The highest BCUT2D eigenvalue weighted by atomic mass is 15.1. The third kappa shape index (κ3) is 4.33. The summed E-state index contributed by atoms with van der Waals surface area (Å²) in [5.41, 5.74) is 2.78. The molecular weight excluding hydrogens is 196 g/mol. The molecule has 0 amide bonds. The fourth-order valence-electron chi connectivity index (χ4n) is 1.66. The number of hydrogen-bond acceptors (Lipinski definition) is 2. The van der Waals surface area contributed by atoms with E-state index in [4.69, 9.17) is 0 Å². The zero-order valence-electron chi connectivity index (χ0n) is 11.0. The lowest BCUT2D eigenvalue weighted by molar-refractivity contribution is 0.389. The maximum Gasteiger partial charge on any atom is 0.0292 e. The highest BCUT2D eigenvalue weighted by Gasteiger charge is 2.03. The van der Waals surface area contributed by atoms with Crippen molar-refractivity contribution < 1.29 is 0 Å². The quantitative estimate of drug-likeness (QED) is 0.792. The van der Waals surface area contributed by atoms with Gasteiger partial charge in [0.1, 0.15) is 0 Å². The van der Waals surface area contributed by atoms with Crippen molar-refractivity contribution in [2.75, 3.05) is 27.2 Å². The van der Waals surface area contributed by atoms with Crippen LogP contribution in [0.4, 0.5) is 0 Å². The Balaban J connectivity index is 2.43. The van der Waals surface area contributed by atoms with Crippen LogP contribution in [0.3, 0.4) is 0 Å². The first-order valence-corrected chi connectivity index (χ1v) is 6.10. The van der Waals surface area contributed by atoms with Crippen LogP contribution in [0.1, 0.15) is 31.0 Å². The number of nitrogens with zero attached hydrogens (tertiary/aromatic N) is 1. The van der Waals surface area contributed by atoms with Crippen LogP contribution in [0.15, 0.2) is 24.3 Å². The van der Waals surface area contributed by atoms with Gasteiger partial charge in [-0.2, -0.15) is 0 Å². The van der Waals surface area contributed by atoms with E-state index < -0.39 is 0 Å². The van der Waals surface area contributed by atoms with Crippen LogP contribution in [0, 0.1) is 0 Å². The van der Waals surface area contributed by atoms with Crippen LogP contribution in [0.2, 0.25) is 0 Å². The third-order valence-corrected chi connectivity index (χ3v) is 2.90. The van der Waals surface area contributed by atoms with Gasteiger partial charge >= 0.3 is 0 Å². The van der Waals surface area contributed by atoms with Crippen LogP contribution < -0.4 is 5.32 Å². The van der Waals surface area contributed by atoms with Gasteiger partial charge in [0.2, 0.25) is 0 Å². The predicted molar refractivity (Wildman–Crippen MR) is 70.8 cm³/mol. The summed E-state index contributed by atoms with van der Waals surface area (Å²) >= 11 is 0. The van der Waals surface area contributed by atoms with Gasteiger partial charge < -0.3 is 10.2 Å². The van der Waals surface area contributed by atoms with E-state index in [0.717, 1.165) is 19.5 Å². The Hall–Kier alpha value is -0.860. The van der Waals surface area contributed by atoms with Gasteiger partial charge in [0, 0.05) is 19.1 Å². The number of likely N-dealkylation sites (N-methyl/N-ethyl adjacent to an activating group) is 1. The van der Waals surface area contributed by atoms with Gasteiger partial charge in [0.25, 0.3) is 0 Å². The summed E-state index contributed by atoms with van der Waals surface area (Å²) in [6.07, 6.45) is 1.11. The van der Waals surface area contributed by atoms with Crippen molar-refractivity contribution in [3.8, 4) is 0 Å². The second-order valence-electron chi connectivity index (χ2n) is 4.57. The molecule has 0 spiro atoms. The summed E-state index contributed by atoms with van der Waals surface area (Å²) in [5.74, 6) is 0. The molecule has 0 aromatic heterocycles. The SMILES string of the molecule is CCc1ccc(C(C)NCCN(C)C)cc1. The summed E-state index contributed by atoms with van der Waals surface area (Å²) in [6.45, 7) is 6.52. The first-order chi connectivity index (χ1) is 7.63. The fourth-order valence-corrected chi connectivity index (χ4v) is 1.66. The van der Waals surface area contributed by atoms with Crippen molar-refractivity contribution in [2.24, 2.45) is 0 Å². The van der Waals surface area contributed by atoms with Crippen LogP contribution in [0.25, 0.3) is 0 Å². The smallest absolute Gasteiger partial charge is 0.0292 e. The second-order valence-corrected chi connectivity index (χ2v) is 4.57. The summed E-state index contributed by atoms with van der Waals surface area (Å²) in [5, 5.41) is 3.53. The Bertz CT molecular complexity index is 290. The van der Waals surface area contributed by atoms with E-state index in [2.05, 4.69) is 62.4 Å².